The van der Waals surface area contributed by atoms with Crippen LogP contribution < -0.4 is 14.8 Å². The van der Waals surface area contributed by atoms with Gasteiger partial charge in [-0.05, 0) is 41.2 Å². The van der Waals surface area contributed by atoms with Gasteiger partial charge >= 0.3 is 6.98 Å². The summed E-state index contributed by atoms with van der Waals surface area (Å²) >= 11 is 0. The van der Waals surface area contributed by atoms with Crippen LogP contribution >= 0.6 is 0 Å². The van der Waals surface area contributed by atoms with Crippen molar-refractivity contribution < 1.29 is 4.57 Å². The minimum absolute atomic E-state index is 0.163. The lowest BCUT2D eigenvalue weighted by atomic mass is 9.60. The molecule has 3 aliphatic rings. The number of para-hydroxylation sites is 1. The highest BCUT2D eigenvalue weighted by molar-refractivity contribution is 6.82. The Morgan fingerprint density at radius 3 is 2.71 bits per heavy atom. The smallest absolute Gasteiger partial charge is 0.359 e. The zero-order chi connectivity index (χ0) is 20.4. The van der Waals surface area contributed by atoms with E-state index in [1.54, 1.807) is 0 Å². The van der Waals surface area contributed by atoms with Gasteiger partial charge in [-0.2, -0.15) is 4.57 Å². The number of rotatable bonds is 1. The molecule has 0 unspecified atom stereocenters. The molecule has 8 rings (SSSR count). The van der Waals surface area contributed by atoms with Gasteiger partial charge in [-0.3, -0.25) is 0 Å². The van der Waals surface area contributed by atoms with E-state index in [1.165, 1.54) is 61.0 Å². The van der Waals surface area contributed by atoms with E-state index in [0.29, 0.717) is 5.92 Å². The Bertz CT molecular complexity index is 1610. The van der Waals surface area contributed by atoms with Crippen LogP contribution in [0.4, 0.5) is 11.4 Å². The van der Waals surface area contributed by atoms with E-state index in [0.717, 1.165) is 6.54 Å². The van der Waals surface area contributed by atoms with Gasteiger partial charge in [0.2, 0.25) is 5.69 Å². The van der Waals surface area contributed by atoms with Crippen LogP contribution in [0.25, 0.3) is 33.1 Å². The summed E-state index contributed by atoms with van der Waals surface area (Å²) in [5.74, 6) is 0.487. The maximum absolute atomic E-state index is 2.60. The summed E-state index contributed by atoms with van der Waals surface area (Å²) in [7, 11) is 0. The number of nitrogens with zero attached hydrogens (tertiary/aromatic N) is 3. The second kappa shape index (κ2) is 5.20. The summed E-state index contributed by atoms with van der Waals surface area (Å²) in [4.78, 5) is 2.60. The third-order valence-corrected chi connectivity index (χ3v) is 7.57. The zero-order valence-electron chi connectivity index (χ0n) is 17.6. The third-order valence-electron chi connectivity index (χ3n) is 7.57. The molecule has 5 aromatic rings. The van der Waals surface area contributed by atoms with Gasteiger partial charge in [0.1, 0.15) is 5.69 Å². The van der Waals surface area contributed by atoms with Gasteiger partial charge in [-0.1, -0.05) is 50.2 Å². The fourth-order valence-electron chi connectivity index (χ4n) is 6.26. The van der Waals surface area contributed by atoms with Crippen molar-refractivity contribution in [2.75, 3.05) is 4.81 Å². The summed E-state index contributed by atoms with van der Waals surface area (Å²) in [6.45, 7) is 5.73. The van der Waals surface area contributed by atoms with Crippen LogP contribution in [-0.4, -0.2) is 11.5 Å². The number of aromatic nitrogens is 2. The second-order valence-corrected chi connectivity index (χ2v) is 9.47. The molecule has 146 valence electrons. The molecule has 0 atom stereocenters. The van der Waals surface area contributed by atoms with Gasteiger partial charge in [-0.15, -0.1) is 0 Å². The van der Waals surface area contributed by atoms with E-state index in [9.17, 15) is 0 Å². The Morgan fingerprint density at radius 1 is 0.903 bits per heavy atom. The minimum Gasteiger partial charge on any atom is -0.359 e. The molecule has 0 fully saturated rings. The monoisotopic (exact) mass is 398 g/mol. The molecule has 0 amide bonds. The van der Waals surface area contributed by atoms with Gasteiger partial charge in [0.15, 0.2) is 12.7 Å². The minimum atomic E-state index is 0.163. The van der Waals surface area contributed by atoms with Gasteiger partial charge in [-0.25, -0.2) is 0 Å². The molecule has 0 radical (unpaired) electrons. The summed E-state index contributed by atoms with van der Waals surface area (Å²) in [6.07, 6.45) is 2.23. The fourth-order valence-corrected chi connectivity index (χ4v) is 6.26. The van der Waals surface area contributed by atoms with Crippen LogP contribution in [0.2, 0.25) is 0 Å². The van der Waals surface area contributed by atoms with E-state index in [4.69, 9.17) is 0 Å². The first-order chi connectivity index (χ1) is 15.2. The summed E-state index contributed by atoms with van der Waals surface area (Å²) in [5.41, 5.74) is 12.5. The lowest BCUT2D eigenvalue weighted by molar-refractivity contribution is -0.671. The highest BCUT2D eigenvalue weighted by Gasteiger charge is 2.50. The number of fused-ring (bicyclic) bond motifs is 8. The Hall–Kier alpha value is -3.53. The van der Waals surface area contributed by atoms with Crippen LogP contribution in [0.5, 0.6) is 0 Å². The molecular weight excluding hydrogens is 377 g/mol. The van der Waals surface area contributed by atoms with Crippen molar-refractivity contribution in [1.82, 2.24) is 4.48 Å². The third kappa shape index (κ3) is 1.74. The molecule has 31 heavy (non-hydrogen) atoms. The molecule has 3 aromatic carbocycles. The van der Waals surface area contributed by atoms with E-state index in [-0.39, 0.29) is 6.98 Å². The van der Waals surface area contributed by atoms with Crippen LogP contribution in [0.3, 0.4) is 0 Å². The first kappa shape index (κ1) is 16.2. The summed E-state index contributed by atoms with van der Waals surface area (Å²) in [5, 5.41) is 2.74. The van der Waals surface area contributed by atoms with Crippen molar-refractivity contribution in [2.45, 2.75) is 26.3 Å². The van der Waals surface area contributed by atoms with Crippen molar-refractivity contribution in [3.8, 4) is 11.3 Å². The number of anilines is 2. The fraction of sp³-hybridized carbons (Fsp3) is 0.148. The number of benzene rings is 3. The van der Waals surface area contributed by atoms with Crippen molar-refractivity contribution >= 4 is 45.6 Å². The summed E-state index contributed by atoms with van der Waals surface area (Å²) < 4.78 is 5.02. The van der Waals surface area contributed by atoms with E-state index in [1.807, 2.05) is 0 Å². The first-order valence-corrected chi connectivity index (χ1v) is 11.2. The standard InChI is InChI=1S/C27H21BN3/c1-16(2)18-13-20-19-8-3-4-10-22(19)31-26(20)24(14-18)30-23-11-6-12-29-15-17-7-5-9-21(28(30)31)25(17)27(23)29/h3-14,16H,15H2,1-2H3/q+1. The van der Waals surface area contributed by atoms with Crippen LogP contribution in [0, 0.1) is 0 Å². The van der Waals surface area contributed by atoms with E-state index < -0.39 is 0 Å². The highest BCUT2D eigenvalue weighted by Crippen LogP contribution is 2.50. The quantitative estimate of drug-likeness (QED) is 0.282. The van der Waals surface area contributed by atoms with Crippen LogP contribution in [0.1, 0.15) is 30.9 Å². The molecule has 0 aliphatic carbocycles. The Morgan fingerprint density at radius 2 is 1.81 bits per heavy atom. The topological polar surface area (TPSA) is 12.0 Å². The number of pyridine rings is 1. The van der Waals surface area contributed by atoms with Crippen LogP contribution in [0.15, 0.2) is 72.9 Å². The summed E-state index contributed by atoms with van der Waals surface area (Å²) in [6, 6.07) is 25.2. The second-order valence-electron chi connectivity index (χ2n) is 9.47. The number of hydrogen-bond donors (Lipinski definition) is 0. The van der Waals surface area contributed by atoms with Gasteiger partial charge < -0.3 is 9.29 Å². The maximum Gasteiger partial charge on any atom is 0.421 e. The molecule has 0 spiro atoms. The van der Waals surface area contributed by atoms with Gasteiger partial charge in [0.05, 0.1) is 16.8 Å². The Kier molecular flexibility index (Phi) is 2.72. The molecule has 3 aliphatic heterocycles. The van der Waals surface area contributed by atoms with Crippen molar-refractivity contribution in [3.05, 3.63) is 84.1 Å². The normalized spacial score (nSPS) is 14.8. The average Bonchev–Trinajstić information content (AvgIpc) is 3.44. The Labute approximate surface area is 181 Å². The molecular formula is C27H21BN3+. The van der Waals surface area contributed by atoms with E-state index >= 15 is 0 Å². The molecule has 4 heteroatoms. The molecule has 2 aromatic heterocycles. The zero-order valence-corrected chi connectivity index (χ0v) is 17.6. The van der Waals surface area contributed by atoms with E-state index in [2.05, 4.69) is 101 Å². The molecule has 0 N–H and O–H groups in total. The molecule has 3 nitrogen and oxygen atoms in total. The first-order valence-electron chi connectivity index (χ1n) is 11.2. The lowest BCUT2D eigenvalue weighted by Crippen LogP contribution is -2.52. The van der Waals surface area contributed by atoms with Gasteiger partial charge in [0, 0.05) is 27.9 Å². The van der Waals surface area contributed by atoms with Gasteiger partial charge in [0.25, 0.3) is 0 Å². The van der Waals surface area contributed by atoms with Crippen molar-refractivity contribution in [2.24, 2.45) is 0 Å². The maximum atomic E-state index is 2.60. The molecule has 0 saturated carbocycles. The van der Waals surface area contributed by atoms with Crippen molar-refractivity contribution in [1.29, 1.82) is 0 Å². The Balaban J connectivity index is 1.59. The SMILES string of the molecule is CC(C)c1cc2c3c(c1)c1ccccc1n3B1c3cccc4c3-c3c(ccc[n+]3C4)N12. The highest BCUT2D eigenvalue weighted by atomic mass is 15.2. The predicted molar refractivity (Wildman–Crippen MR) is 128 cm³/mol. The predicted octanol–water partition coefficient (Wildman–Crippen LogP) is 4.94. The molecule has 0 saturated heterocycles. The van der Waals surface area contributed by atoms with Crippen molar-refractivity contribution in [3.63, 3.8) is 0 Å². The largest absolute Gasteiger partial charge is 0.421 e. The molecule has 0 bridgehead atoms. The molecule has 5 heterocycles. The number of hydrogen-bond acceptors (Lipinski definition) is 1. The average molecular weight is 398 g/mol. The van der Waals surface area contributed by atoms with Crippen LogP contribution in [-0.2, 0) is 6.54 Å². The lowest BCUT2D eigenvalue weighted by Gasteiger charge is -2.31.